The first-order valence-electron chi connectivity index (χ1n) is 13.9. The number of rotatable bonds is 8. The third-order valence-electron chi connectivity index (χ3n) is 8.95. The van der Waals surface area contributed by atoms with Crippen LogP contribution < -0.4 is 5.73 Å². The lowest BCUT2D eigenvalue weighted by Crippen LogP contribution is -2.45. The quantitative estimate of drug-likeness (QED) is 0.316. The van der Waals surface area contributed by atoms with Crippen LogP contribution in [0.2, 0.25) is 0 Å². The summed E-state index contributed by atoms with van der Waals surface area (Å²) in [5, 5.41) is 3.81. The highest BCUT2D eigenvalue weighted by molar-refractivity contribution is 5.99. The summed E-state index contributed by atoms with van der Waals surface area (Å²) in [6, 6.07) is 5.11. The van der Waals surface area contributed by atoms with Crippen molar-refractivity contribution in [3.8, 4) is 0 Å². The van der Waals surface area contributed by atoms with Crippen molar-refractivity contribution < 1.29 is 19.1 Å². The van der Waals surface area contributed by atoms with Gasteiger partial charge in [-0.3, -0.25) is 14.4 Å². The zero-order valence-corrected chi connectivity index (χ0v) is 22.3. The van der Waals surface area contributed by atoms with E-state index in [0.29, 0.717) is 23.5 Å². The summed E-state index contributed by atoms with van der Waals surface area (Å²) < 4.78 is 5.61. The predicted octanol–water partition coefficient (Wildman–Crippen LogP) is 3.50. The molecule has 10 heteroatoms. The highest BCUT2D eigenvalue weighted by Gasteiger charge is 2.53. The van der Waals surface area contributed by atoms with Crippen molar-refractivity contribution in [3.05, 3.63) is 45.3 Å². The summed E-state index contributed by atoms with van der Waals surface area (Å²) in [5.74, 6) is -1.14. The molecule has 204 valence electrons. The molecule has 2 N–H and O–H groups in total. The highest BCUT2D eigenvalue weighted by Crippen LogP contribution is 2.38. The van der Waals surface area contributed by atoms with E-state index in [0.717, 1.165) is 37.5 Å². The van der Waals surface area contributed by atoms with E-state index >= 15 is 0 Å². The Balaban J connectivity index is 1.45. The molecule has 0 aromatic heterocycles. The maximum absolute atomic E-state index is 14.2. The molecule has 3 saturated heterocycles. The van der Waals surface area contributed by atoms with Crippen LogP contribution in [0, 0.1) is 5.92 Å². The Labute approximate surface area is 223 Å². The number of amides is 2. The Kier molecular flexibility index (Phi) is 7.75. The molecular formula is C28H38N6O4. The first-order chi connectivity index (χ1) is 18.3. The number of likely N-dealkylation sites (tertiary alicyclic amines) is 2. The number of nitrogens with two attached hydrogens (primary N) is 1. The Bertz CT molecular complexity index is 1140. The van der Waals surface area contributed by atoms with Crippen LogP contribution in [0.4, 0.5) is 0 Å². The van der Waals surface area contributed by atoms with Crippen LogP contribution >= 0.6 is 0 Å². The molecule has 0 radical (unpaired) electrons. The average Bonchev–Trinajstić information content (AvgIpc) is 3.42. The maximum Gasteiger partial charge on any atom is 0.249 e. The molecule has 2 amide bonds. The van der Waals surface area contributed by atoms with Crippen molar-refractivity contribution in [3.63, 3.8) is 0 Å². The number of benzene rings is 1. The summed E-state index contributed by atoms with van der Waals surface area (Å²) in [5.41, 5.74) is 16.9. The van der Waals surface area contributed by atoms with E-state index < -0.39 is 30.0 Å². The number of piperidine rings is 1. The molecule has 1 saturated carbocycles. The van der Waals surface area contributed by atoms with E-state index in [1.165, 1.54) is 24.2 Å². The van der Waals surface area contributed by atoms with Crippen molar-refractivity contribution in [1.82, 2.24) is 9.80 Å². The van der Waals surface area contributed by atoms with Gasteiger partial charge in [-0.2, -0.15) is 0 Å². The first kappa shape index (κ1) is 26.7. The van der Waals surface area contributed by atoms with E-state index in [2.05, 4.69) is 14.9 Å². The fraction of sp³-hybridized carbons (Fsp3) is 0.679. The Morgan fingerprint density at radius 1 is 1.21 bits per heavy atom. The molecule has 10 nitrogen and oxygen atoms in total. The molecule has 3 heterocycles. The monoisotopic (exact) mass is 522 g/mol. The SMILES string of the molecule is CC(C)C[C@H](C(=O)N1C[C@@H](N=[N+]=[N-])[C@H]2OCC(=O)[C@H]21)c1cc(C2CCN(C3CCC3)CC2)ccc1C(N)=O. The lowest BCUT2D eigenvalue weighted by Gasteiger charge is -2.42. The summed E-state index contributed by atoms with van der Waals surface area (Å²) in [6.07, 6.45) is 5.88. The standard InChI is InChI=1S/C28H38N6O4/c1-16(2)12-22(28(37)34-14-23(31-32-30)26-25(34)24(35)15-38-26)21-13-18(6-7-20(21)27(29)36)17-8-10-33(11-9-17)19-4-3-5-19/h6-7,13,16-17,19,22-23,25-26H,3-5,8-12,14-15H2,1-2H3,(H2,29,36)/t22-,23+,25+,26+/m0/s1. The second-order valence-corrected chi connectivity index (χ2v) is 11.7. The molecule has 4 fully saturated rings. The number of hydrogen-bond acceptors (Lipinski definition) is 6. The van der Waals surface area contributed by atoms with Crippen molar-refractivity contribution in [2.24, 2.45) is 16.8 Å². The van der Waals surface area contributed by atoms with Crippen LogP contribution in [0.5, 0.6) is 0 Å². The molecule has 1 aromatic carbocycles. The fourth-order valence-electron chi connectivity index (χ4n) is 6.76. The maximum atomic E-state index is 14.2. The molecule has 0 spiro atoms. The Morgan fingerprint density at radius 3 is 2.55 bits per heavy atom. The number of nitrogens with zero attached hydrogens (tertiary/aromatic N) is 5. The topological polar surface area (TPSA) is 142 Å². The minimum atomic E-state index is -0.774. The van der Waals surface area contributed by atoms with Gasteiger partial charge in [0.1, 0.15) is 12.6 Å². The lowest BCUT2D eigenvalue weighted by atomic mass is 9.81. The second-order valence-electron chi connectivity index (χ2n) is 11.7. The molecule has 4 aliphatic rings. The second kappa shape index (κ2) is 11.0. The third-order valence-corrected chi connectivity index (χ3v) is 8.95. The van der Waals surface area contributed by atoms with E-state index in [4.69, 9.17) is 16.0 Å². The van der Waals surface area contributed by atoms with Gasteiger partial charge in [-0.1, -0.05) is 37.5 Å². The van der Waals surface area contributed by atoms with Crippen molar-refractivity contribution in [2.45, 2.75) is 88.4 Å². The zero-order valence-electron chi connectivity index (χ0n) is 22.3. The van der Waals surface area contributed by atoms with E-state index in [1.807, 2.05) is 26.0 Å². The Hall–Kier alpha value is -2.94. The van der Waals surface area contributed by atoms with Gasteiger partial charge in [-0.15, -0.1) is 0 Å². The third kappa shape index (κ3) is 5.05. The molecule has 4 atom stereocenters. The molecule has 1 aromatic rings. The predicted molar refractivity (Wildman–Crippen MR) is 142 cm³/mol. The van der Waals surface area contributed by atoms with Crippen LogP contribution in [0.25, 0.3) is 10.4 Å². The minimum absolute atomic E-state index is 0.104. The van der Waals surface area contributed by atoms with Gasteiger partial charge in [-0.25, -0.2) is 0 Å². The number of ether oxygens (including phenoxy) is 1. The van der Waals surface area contributed by atoms with Crippen molar-refractivity contribution in [1.29, 1.82) is 0 Å². The largest absolute Gasteiger partial charge is 0.367 e. The van der Waals surface area contributed by atoms with E-state index in [-0.39, 0.29) is 30.8 Å². The number of fused-ring (bicyclic) bond motifs is 1. The molecule has 3 aliphatic heterocycles. The molecular weight excluding hydrogens is 484 g/mol. The van der Waals surface area contributed by atoms with Gasteiger partial charge < -0.3 is 20.3 Å². The lowest BCUT2D eigenvalue weighted by molar-refractivity contribution is -0.138. The van der Waals surface area contributed by atoms with Gasteiger partial charge >= 0.3 is 0 Å². The number of azide groups is 1. The van der Waals surface area contributed by atoms with Crippen LogP contribution in [0.3, 0.4) is 0 Å². The summed E-state index contributed by atoms with van der Waals surface area (Å²) in [6.45, 7) is 6.21. The number of hydrogen-bond donors (Lipinski definition) is 1. The summed E-state index contributed by atoms with van der Waals surface area (Å²) >= 11 is 0. The number of carbonyl (C=O) groups excluding carboxylic acids is 3. The van der Waals surface area contributed by atoms with Crippen molar-refractivity contribution >= 4 is 17.6 Å². The fourth-order valence-corrected chi connectivity index (χ4v) is 6.76. The Morgan fingerprint density at radius 2 is 1.95 bits per heavy atom. The van der Waals surface area contributed by atoms with Gasteiger partial charge in [0.05, 0.1) is 18.1 Å². The van der Waals surface area contributed by atoms with Crippen molar-refractivity contribution in [2.75, 3.05) is 26.2 Å². The van der Waals surface area contributed by atoms with Gasteiger partial charge in [-0.05, 0) is 79.8 Å². The number of ketones is 1. The first-order valence-corrected chi connectivity index (χ1v) is 13.9. The van der Waals surface area contributed by atoms with Crippen LogP contribution in [-0.2, 0) is 14.3 Å². The van der Waals surface area contributed by atoms with E-state index in [1.54, 1.807) is 6.07 Å². The van der Waals surface area contributed by atoms with Crippen LogP contribution in [-0.4, -0.2) is 77.9 Å². The summed E-state index contributed by atoms with van der Waals surface area (Å²) in [4.78, 5) is 46.4. The highest BCUT2D eigenvalue weighted by atomic mass is 16.5. The van der Waals surface area contributed by atoms with Gasteiger partial charge in [0.15, 0.2) is 5.78 Å². The van der Waals surface area contributed by atoms with Gasteiger partial charge in [0.2, 0.25) is 11.8 Å². The minimum Gasteiger partial charge on any atom is -0.367 e. The number of Topliss-reactive ketones (excluding diaryl/α,β-unsaturated/α-hetero) is 1. The smallest absolute Gasteiger partial charge is 0.249 e. The number of primary amides is 1. The van der Waals surface area contributed by atoms with Gasteiger partial charge in [0.25, 0.3) is 0 Å². The van der Waals surface area contributed by atoms with Crippen LogP contribution in [0.1, 0.15) is 85.7 Å². The van der Waals surface area contributed by atoms with Gasteiger partial charge in [0, 0.05) is 23.1 Å². The molecule has 0 bridgehead atoms. The average molecular weight is 523 g/mol. The normalized spacial score (nSPS) is 27.2. The zero-order chi connectivity index (χ0) is 27.0. The summed E-state index contributed by atoms with van der Waals surface area (Å²) in [7, 11) is 0. The molecule has 1 aliphatic carbocycles. The van der Waals surface area contributed by atoms with E-state index in [9.17, 15) is 14.4 Å². The number of carbonyl (C=O) groups is 3. The molecule has 5 rings (SSSR count). The van der Waals surface area contributed by atoms with Crippen LogP contribution in [0.15, 0.2) is 23.3 Å². The molecule has 0 unspecified atom stereocenters. The molecule has 38 heavy (non-hydrogen) atoms.